The topological polar surface area (TPSA) is 0 Å². The molecule has 252 valence electrons. The lowest BCUT2D eigenvalue weighted by Gasteiger charge is -2.21. The van der Waals surface area contributed by atoms with Gasteiger partial charge in [0.2, 0.25) is 0 Å². The first-order valence-electron chi connectivity index (χ1n) is 18.9. The van der Waals surface area contributed by atoms with Crippen molar-refractivity contribution < 1.29 is 1.37 Å². The second-order valence-electron chi connectivity index (χ2n) is 15.2. The van der Waals surface area contributed by atoms with Gasteiger partial charge >= 0.3 is 0 Å². The zero-order valence-corrected chi connectivity index (χ0v) is 30.9. The molecule has 1 heterocycles. The number of hydrogen-bond donors (Lipinski definition) is 0. The molecule has 0 aliphatic rings. The molecule has 0 aliphatic heterocycles. The maximum atomic E-state index is 7.98. The molecule has 9 aromatic carbocycles. The molecular formula is C52H38S. The number of fused-ring (bicyclic) bond motifs is 6. The predicted molar refractivity (Wildman–Crippen MR) is 232 cm³/mol. The Morgan fingerprint density at radius 2 is 0.906 bits per heavy atom. The molecule has 0 unspecified atom stereocenters. The Bertz CT molecular complexity index is 3010. The number of hydrogen-bond acceptors (Lipinski definition) is 1. The first kappa shape index (κ1) is 30.6. The molecule has 0 atom stereocenters. The minimum Gasteiger partial charge on any atom is -0.135 e. The number of benzene rings is 9. The van der Waals surface area contributed by atoms with Crippen molar-refractivity contribution in [2.24, 2.45) is 0 Å². The van der Waals surface area contributed by atoms with Crippen LogP contribution < -0.4 is 0 Å². The Morgan fingerprint density at radius 3 is 1.49 bits per heavy atom. The van der Waals surface area contributed by atoms with Gasteiger partial charge in [-0.05, 0) is 112 Å². The van der Waals surface area contributed by atoms with E-state index in [1.807, 2.05) is 29.5 Å². The first-order valence-corrected chi connectivity index (χ1v) is 19.2. The SMILES string of the molecule is [2H]c1ccc2cc(-c3ccc(-c4c5ccccc5c(-c5ccc(-c6cc(C(C)(C)C)c7sc8ccccc8c7c6)cc5)c5ccccc45)cc3)ccc2c1. The van der Waals surface area contributed by atoms with Crippen molar-refractivity contribution >= 4 is 63.8 Å². The molecule has 0 aliphatic carbocycles. The molecule has 0 spiro atoms. The van der Waals surface area contributed by atoms with E-state index in [4.69, 9.17) is 1.37 Å². The second-order valence-corrected chi connectivity index (χ2v) is 16.3. The van der Waals surface area contributed by atoms with Gasteiger partial charge in [-0.25, -0.2) is 0 Å². The van der Waals surface area contributed by atoms with Crippen LogP contribution in [-0.4, -0.2) is 0 Å². The van der Waals surface area contributed by atoms with Crippen molar-refractivity contribution in [3.8, 4) is 44.5 Å². The minimum absolute atomic E-state index is 0.0267. The van der Waals surface area contributed by atoms with Crippen molar-refractivity contribution in [1.82, 2.24) is 0 Å². The lowest BCUT2D eigenvalue weighted by molar-refractivity contribution is 0.597. The lowest BCUT2D eigenvalue weighted by atomic mass is 9.83. The highest BCUT2D eigenvalue weighted by Crippen LogP contribution is 2.46. The van der Waals surface area contributed by atoms with Gasteiger partial charge in [0.25, 0.3) is 0 Å². The molecule has 10 aromatic rings. The summed E-state index contributed by atoms with van der Waals surface area (Å²) >= 11 is 1.92. The summed E-state index contributed by atoms with van der Waals surface area (Å²) < 4.78 is 10.7. The van der Waals surface area contributed by atoms with Crippen LogP contribution in [0.25, 0.3) is 97.0 Å². The van der Waals surface area contributed by atoms with E-state index in [1.54, 1.807) is 0 Å². The third kappa shape index (κ3) is 5.35. The molecule has 0 bridgehead atoms. The van der Waals surface area contributed by atoms with Crippen LogP contribution in [0.1, 0.15) is 27.7 Å². The average molecular weight is 696 g/mol. The fourth-order valence-corrected chi connectivity index (χ4v) is 9.67. The summed E-state index contributed by atoms with van der Waals surface area (Å²) in [6, 6.07) is 62.6. The van der Waals surface area contributed by atoms with E-state index in [9.17, 15) is 0 Å². The van der Waals surface area contributed by atoms with Crippen molar-refractivity contribution in [2.75, 3.05) is 0 Å². The third-order valence-corrected chi connectivity index (χ3v) is 12.1. The summed E-state index contributed by atoms with van der Waals surface area (Å²) in [5, 5.41) is 9.96. The zero-order valence-electron chi connectivity index (χ0n) is 31.1. The van der Waals surface area contributed by atoms with Gasteiger partial charge in [0, 0.05) is 20.2 Å². The Morgan fingerprint density at radius 1 is 0.396 bits per heavy atom. The zero-order chi connectivity index (χ0) is 36.6. The molecule has 53 heavy (non-hydrogen) atoms. The van der Waals surface area contributed by atoms with E-state index in [-0.39, 0.29) is 5.41 Å². The number of rotatable bonds is 4. The fourth-order valence-electron chi connectivity index (χ4n) is 8.27. The van der Waals surface area contributed by atoms with Crippen LogP contribution in [0, 0.1) is 0 Å². The van der Waals surface area contributed by atoms with Crippen molar-refractivity contribution in [1.29, 1.82) is 0 Å². The van der Waals surface area contributed by atoms with Gasteiger partial charge in [0.1, 0.15) is 0 Å². The Labute approximate surface area is 316 Å². The molecular weight excluding hydrogens is 657 g/mol. The Balaban J connectivity index is 1.08. The van der Waals surface area contributed by atoms with Crippen LogP contribution in [-0.2, 0) is 5.41 Å². The number of thiophene rings is 1. The summed E-state index contributed by atoms with van der Waals surface area (Å²) in [4.78, 5) is 0. The Kier molecular flexibility index (Phi) is 7.10. The summed E-state index contributed by atoms with van der Waals surface area (Å²) in [6.45, 7) is 6.98. The Hall–Kier alpha value is -6.02. The van der Waals surface area contributed by atoms with E-state index in [2.05, 4.69) is 172 Å². The highest BCUT2D eigenvalue weighted by Gasteiger charge is 2.22. The van der Waals surface area contributed by atoms with E-state index in [0.29, 0.717) is 6.04 Å². The molecule has 0 nitrogen and oxygen atoms in total. The largest absolute Gasteiger partial charge is 0.135 e. The lowest BCUT2D eigenvalue weighted by Crippen LogP contribution is -2.11. The average Bonchev–Trinajstić information content (AvgIpc) is 3.58. The normalized spacial score (nSPS) is 12.3. The highest BCUT2D eigenvalue weighted by molar-refractivity contribution is 7.26. The molecule has 0 fully saturated rings. The summed E-state index contributed by atoms with van der Waals surface area (Å²) in [5.74, 6) is 0. The van der Waals surface area contributed by atoms with Crippen LogP contribution in [0.15, 0.2) is 176 Å². The smallest absolute Gasteiger partial charge is 0.0623 e. The van der Waals surface area contributed by atoms with Gasteiger partial charge in [-0.3, -0.25) is 0 Å². The summed E-state index contributed by atoms with van der Waals surface area (Å²) in [7, 11) is 0. The first-order chi connectivity index (χ1) is 26.3. The van der Waals surface area contributed by atoms with Gasteiger partial charge < -0.3 is 0 Å². The molecule has 1 aromatic heterocycles. The van der Waals surface area contributed by atoms with Crippen LogP contribution in [0.3, 0.4) is 0 Å². The van der Waals surface area contributed by atoms with Crippen molar-refractivity contribution in [3.63, 3.8) is 0 Å². The van der Waals surface area contributed by atoms with Crippen LogP contribution >= 0.6 is 11.3 Å². The quantitative estimate of drug-likeness (QED) is 0.161. The fraction of sp³-hybridized carbons (Fsp3) is 0.0769. The maximum absolute atomic E-state index is 7.98. The van der Waals surface area contributed by atoms with Gasteiger partial charge in [0.15, 0.2) is 0 Å². The molecule has 0 N–H and O–H groups in total. The summed E-state index contributed by atoms with van der Waals surface area (Å²) in [5.41, 5.74) is 11.3. The molecule has 1 heteroatoms. The van der Waals surface area contributed by atoms with Crippen molar-refractivity contribution in [2.45, 2.75) is 26.2 Å². The summed E-state index contributed by atoms with van der Waals surface area (Å²) in [6.07, 6.45) is 0. The van der Waals surface area contributed by atoms with Gasteiger partial charge in [-0.2, -0.15) is 0 Å². The van der Waals surface area contributed by atoms with E-state index >= 15 is 0 Å². The van der Waals surface area contributed by atoms with E-state index in [1.165, 1.54) is 91.8 Å². The standard InChI is InChI=1S/C52H38S/c1-52(2,3)47-32-40(31-46-41-14-10-11-19-48(41)53-51(46)47)35-22-27-37(28-23-35)50-44-17-8-6-15-42(44)49(43-16-7-9-18-45(43)50)36-25-20-34(21-26-36)39-29-24-33-12-4-5-13-38(33)30-39/h4-32H,1-3H3/i4D. The molecule has 0 amide bonds. The van der Waals surface area contributed by atoms with Crippen LogP contribution in [0.2, 0.25) is 0 Å². The molecule has 0 saturated carbocycles. The molecule has 0 saturated heterocycles. The maximum Gasteiger partial charge on any atom is 0.0623 e. The van der Waals surface area contributed by atoms with Crippen molar-refractivity contribution in [3.05, 3.63) is 181 Å². The van der Waals surface area contributed by atoms with E-state index < -0.39 is 0 Å². The van der Waals surface area contributed by atoms with Gasteiger partial charge in [-0.1, -0.05) is 172 Å². The predicted octanol–water partition coefficient (Wildman–Crippen LogP) is 15.5. The highest BCUT2D eigenvalue weighted by atomic mass is 32.1. The third-order valence-electron chi connectivity index (χ3n) is 10.9. The monoisotopic (exact) mass is 695 g/mol. The van der Waals surface area contributed by atoms with Gasteiger partial charge in [0.05, 0.1) is 1.37 Å². The van der Waals surface area contributed by atoms with Crippen LogP contribution in [0.5, 0.6) is 0 Å². The van der Waals surface area contributed by atoms with Gasteiger partial charge in [-0.15, -0.1) is 11.3 Å². The molecule has 0 radical (unpaired) electrons. The molecule has 10 rings (SSSR count). The van der Waals surface area contributed by atoms with Crippen LogP contribution in [0.4, 0.5) is 0 Å². The van der Waals surface area contributed by atoms with E-state index in [0.717, 1.165) is 10.8 Å². The minimum atomic E-state index is 0.0267. The second kappa shape index (κ2) is 12.3.